The summed E-state index contributed by atoms with van der Waals surface area (Å²) in [6.07, 6.45) is 3.12. The number of hydrogen-bond acceptors (Lipinski definition) is 5. The van der Waals surface area contributed by atoms with Gasteiger partial charge in [0.05, 0.1) is 11.9 Å². The van der Waals surface area contributed by atoms with E-state index in [0.717, 1.165) is 10.0 Å². The van der Waals surface area contributed by atoms with Crippen LogP contribution in [0.1, 0.15) is 16.1 Å². The molecule has 0 aliphatic heterocycles. The number of nitrogen functional groups attached to an aromatic ring is 1. The zero-order valence-corrected chi connectivity index (χ0v) is 11.7. The lowest BCUT2D eigenvalue weighted by Crippen LogP contribution is -2.15. The Hall–Kier alpha value is -1.99. The summed E-state index contributed by atoms with van der Waals surface area (Å²) in [5, 5.41) is 2.68. The van der Waals surface area contributed by atoms with E-state index in [1.165, 1.54) is 6.20 Å². The summed E-state index contributed by atoms with van der Waals surface area (Å²) in [6, 6.07) is 5.02. The molecule has 0 aliphatic carbocycles. The highest BCUT2D eigenvalue weighted by Gasteiger charge is 2.09. The van der Waals surface area contributed by atoms with Gasteiger partial charge in [-0.15, -0.1) is 0 Å². The van der Waals surface area contributed by atoms with E-state index in [4.69, 9.17) is 5.84 Å². The first-order chi connectivity index (χ1) is 9.10. The molecule has 6 nitrogen and oxygen atoms in total. The van der Waals surface area contributed by atoms with Crippen LogP contribution >= 0.6 is 15.9 Å². The van der Waals surface area contributed by atoms with Crippen LogP contribution in [0.25, 0.3) is 0 Å². The number of nitrogens with two attached hydrogens (primary N) is 1. The topological polar surface area (TPSA) is 92.9 Å². The molecule has 0 atom stereocenters. The molecular formula is C12H12BrN5O. The van der Waals surface area contributed by atoms with Crippen LogP contribution < -0.4 is 16.6 Å². The van der Waals surface area contributed by atoms with E-state index in [-0.39, 0.29) is 5.91 Å². The Morgan fingerprint density at radius 2 is 2.11 bits per heavy atom. The third-order valence-corrected chi connectivity index (χ3v) is 3.28. The second kappa shape index (κ2) is 5.77. The van der Waals surface area contributed by atoms with Crippen LogP contribution in [-0.4, -0.2) is 15.9 Å². The molecule has 4 N–H and O–H groups in total. The number of aryl methyl sites for hydroxylation is 1. The van der Waals surface area contributed by atoms with Crippen molar-refractivity contribution in [3.63, 3.8) is 0 Å². The molecule has 0 saturated heterocycles. The van der Waals surface area contributed by atoms with E-state index in [9.17, 15) is 4.79 Å². The molecule has 2 aromatic heterocycles. The zero-order chi connectivity index (χ0) is 13.8. The quantitative estimate of drug-likeness (QED) is 0.594. The maximum Gasteiger partial charge on any atom is 0.275 e. The predicted molar refractivity (Wildman–Crippen MR) is 76.7 cm³/mol. The number of amides is 1. The first kappa shape index (κ1) is 13.4. The molecule has 2 aromatic rings. The van der Waals surface area contributed by atoms with Gasteiger partial charge < -0.3 is 10.7 Å². The summed E-state index contributed by atoms with van der Waals surface area (Å²) in [5.74, 6) is 5.38. The number of halogens is 1. The lowest BCUT2D eigenvalue weighted by molar-refractivity contribution is 0.102. The summed E-state index contributed by atoms with van der Waals surface area (Å²) in [5.41, 5.74) is 4.36. The lowest BCUT2D eigenvalue weighted by Gasteiger charge is -2.06. The van der Waals surface area contributed by atoms with Crippen LogP contribution in [0.2, 0.25) is 0 Å². The molecule has 0 bridgehead atoms. The number of hydrazine groups is 1. The smallest absolute Gasteiger partial charge is 0.275 e. The Morgan fingerprint density at radius 1 is 1.32 bits per heavy atom. The molecule has 0 fully saturated rings. The number of nitrogens with zero attached hydrogens (tertiary/aromatic N) is 2. The summed E-state index contributed by atoms with van der Waals surface area (Å²) in [6.45, 7) is 1.92. The maximum absolute atomic E-state index is 11.9. The van der Waals surface area contributed by atoms with Crippen LogP contribution in [0, 0.1) is 6.92 Å². The summed E-state index contributed by atoms with van der Waals surface area (Å²) < 4.78 is 0.891. The van der Waals surface area contributed by atoms with Crippen molar-refractivity contribution in [1.29, 1.82) is 0 Å². The monoisotopic (exact) mass is 321 g/mol. The maximum atomic E-state index is 11.9. The number of carbonyl (C=O) groups is 1. The molecular weight excluding hydrogens is 310 g/mol. The zero-order valence-electron chi connectivity index (χ0n) is 10.1. The first-order valence-corrected chi connectivity index (χ1v) is 6.25. The van der Waals surface area contributed by atoms with Crippen molar-refractivity contribution < 1.29 is 4.79 Å². The number of hydrogen-bond donors (Lipinski definition) is 3. The number of anilines is 2. The van der Waals surface area contributed by atoms with Gasteiger partial charge in [0.15, 0.2) is 0 Å². The molecule has 0 saturated carbocycles. The molecule has 19 heavy (non-hydrogen) atoms. The highest BCUT2D eigenvalue weighted by Crippen LogP contribution is 2.17. The largest absolute Gasteiger partial charge is 0.323 e. The lowest BCUT2D eigenvalue weighted by atomic mass is 10.3. The van der Waals surface area contributed by atoms with Gasteiger partial charge >= 0.3 is 0 Å². The highest BCUT2D eigenvalue weighted by atomic mass is 79.9. The SMILES string of the molecule is Cc1cc(NC(=O)c2ccc(NN)cn2)ncc1Br. The van der Waals surface area contributed by atoms with Crippen LogP contribution in [0.4, 0.5) is 11.5 Å². The van der Waals surface area contributed by atoms with Gasteiger partial charge in [-0.3, -0.25) is 10.6 Å². The molecule has 0 aliphatic rings. The molecule has 7 heteroatoms. The van der Waals surface area contributed by atoms with E-state index in [0.29, 0.717) is 17.2 Å². The Balaban J connectivity index is 2.13. The minimum Gasteiger partial charge on any atom is -0.323 e. The minimum atomic E-state index is -0.321. The fraction of sp³-hybridized carbons (Fsp3) is 0.0833. The molecule has 98 valence electrons. The summed E-state index contributed by atoms with van der Waals surface area (Å²) >= 11 is 3.35. The Bertz CT molecular complexity index is 600. The number of aromatic nitrogens is 2. The van der Waals surface area contributed by atoms with Gasteiger partial charge in [-0.05, 0) is 46.6 Å². The van der Waals surface area contributed by atoms with Gasteiger partial charge in [0.1, 0.15) is 11.5 Å². The Labute approximate surface area is 118 Å². The fourth-order valence-corrected chi connectivity index (χ4v) is 1.62. The Morgan fingerprint density at radius 3 is 2.68 bits per heavy atom. The predicted octanol–water partition coefficient (Wildman–Crippen LogP) is 2.09. The molecule has 0 spiro atoms. The van der Waals surface area contributed by atoms with Crippen molar-refractivity contribution in [2.45, 2.75) is 6.92 Å². The third kappa shape index (κ3) is 3.27. The van der Waals surface area contributed by atoms with Crippen molar-refractivity contribution in [2.75, 3.05) is 10.7 Å². The average Bonchev–Trinajstić information content (AvgIpc) is 2.43. The molecule has 0 aromatic carbocycles. The number of carbonyl (C=O) groups excluding carboxylic acids is 1. The van der Waals surface area contributed by atoms with E-state index >= 15 is 0 Å². The van der Waals surface area contributed by atoms with Crippen LogP contribution in [0.5, 0.6) is 0 Å². The van der Waals surface area contributed by atoms with Gasteiger partial charge in [-0.1, -0.05) is 0 Å². The number of nitrogens with one attached hydrogen (secondary N) is 2. The number of pyridine rings is 2. The molecule has 2 rings (SSSR count). The van der Waals surface area contributed by atoms with E-state index in [2.05, 4.69) is 36.6 Å². The summed E-state index contributed by atoms with van der Waals surface area (Å²) in [4.78, 5) is 20.0. The van der Waals surface area contributed by atoms with E-state index < -0.39 is 0 Å². The second-order valence-corrected chi connectivity index (χ2v) is 4.70. The van der Waals surface area contributed by atoms with Crippen LogP contribution in [0.15, 0.2) is 35.1 Å². The minimum absolute atomic E-state index is 0.293. The van der Waals surface area contributed by atoms with Crippen LogP contribution in [0.3, 0.4) is 0 Å². The van der Waals surface area contributed by atoms with Crippen molar-refractivity contribution in [2.24, 2.45) is 5.84 Å². The molecule has 0 unspecified atom stereocenters. The van der Waals surface area contributed by atoms with Crippen molar-refractivity contribution in [3.8, 4) is 0 Å². The second-order valence-electron chi connectivity index (χ2n) is 3.85. The van der Waals surface area contributed by atoms with Gasteiger partial charge in [0, 0.05) is 10.7 Å². The summed E-state index contributed by atoms with van der Waals surface area (Å²) in [7, 11) is 0. The van der Waals surface area contributed by atoms with Crippen molar-refractivity contribution in [1.82, 2.24) is 9.97 Å². The normalized spacial score (nSPS) is 10.1. The average molecular weight is 322 g/mol. The number of rotatable bonds is 3. The van der Waals surface area contributed by atoms with Crippen molar-refractivity contribution in [3.05, 3.63) is 46.3 Å². The molecule has 1 amide bonds. The molecule has 2 heterocycles. The highest BCUT2D eigenvalue weighted by molar-refractivity contribution is 9.10. The van der Waals surface area contributed by atoms with Crippen molar-refractivity contribution >= 4 is 33.3 Å². The van der Waals surface area contributed by atoms with Gasteiger partial charge in [0.2, 0.25) is 0 Å². The Kier molecular flexibility index (Phi) is 4.08. The van der Waals surface area contributed by atoms with Crippen LogP contribution in [-0.2, 0) is 0 Å². The van der Waals surface area contributed by atoms with Gasteiger partial charge in [-0.25, -0.2) is 9.97 Å². The molecule has 0 radical (unpaired) electrons. The van der Waals surface area contributed by atoms with E-state index in [1.807, 2.05) is 6.92 Å². The first-order valence-electron chi connectivity index (χ1n) is 5.46. The fourth-order valence-electron chi connectivity index (χ4n) is 1.40. The van der Waals surface area contributed by atoms with Gasteiger partial charge in [-0.2, -0.15) is 0 Å². The third-order valence-electron chi connectivity index (χ3n) is 2.45. The van der Waals surface area contributed by atoms with Gasteiger partial charge in [0.25, 0.3) is 5.91 Å². The standard InChI is InChI=1S/C12H12BrN5O/c1-7-4-11(16-6-9(7)13)17-12(19)10-3-2-8(18-14)5-15-10/h2-6,18H,14H2,1H3,(H,16,17,19). The van der Waals surface area contributed by atoms with E-state index in [1.54, 1.807) is 24.4 Å².